The predicted molar refractivity (Wildman–Crippen MR) is 106 cm³/mol. The van der Waals surface area contributed by atoms with Crippen LogP contribution in [-0.4, -0.2) is 46.0 Å². The molecular weight excluding hydrogens is 346 g/mol. The van der Waals surface area contributed by atoms with Crippen molar-refractivity contribution in [2.45, 2.75) is 24.6 Å². The molecule has 0 spiro atoms. The van der Waals surface area contributed by atoms with Gasteiger partial charge in [0.05, 0.1) is 17.1 Å². The number of piperidine rings is 1. The van der Waals surface area contributed by atoms with E-state index in [2.05, 4.69) is 33.6 Å². The van der Waals surface area contributed by atoms with Gasteiger partial charge >= 0.3 is 0 Å². The summed E-state index contributed by atoms with van der Waals surface area (Å²) in [6, 6.07) is 1.92. The van der Waals surface area contributed by atoms with Crippen molar-refractivity contribution in [2.24, 2.45) is 0 Å². The molecule has 2 aliphatic rings. The van der Waals surface area contributed by atoms with Crippen LogP contribution in [0.1, 0.15) is 30.3 Å². The van der Waals surface area contributed by atoms with E-state index in [4.69, 9.17) is 0 Å². The maximum absolute atomic E-state index is 12.8. The van der Waals surface area contributed by atoms with Crippen LogP contribution in [0.4, 0.5) is 0 Å². The Morgan fingerprint density at radius 3 is 2.85 bits per heavy atom. The first kappa shape index (κ1) is 18.4. The van der Waals surface area contributed by atoms with Crippen molar-refractivity contribution in [1.29, 1.82) is 0 Å². The summed E-state index contributed by atoms with van der Waals surface area (Å²) in [7, 11) is 1.91. The van der Waals surface area contributed by atoms with E-state index in [1.54, 1.807) is 24.0 Å². The Morgan fingerprint density at radius 2 is 2.19 bits per heavy atom. The molecule has 1 unspecified atom stereocenters. The molecule has 1 amide bonds. The van der Waals surface area contributed by atoms with E-state index in [1.807, 2.05) is 29.5 Å². The molecule has 1 saturated heterocycles. The summed E-state index contributed by atoms with van der Waals surface area (Å²) in [5.41, 5.74) is 3.14. The first-order chi connectivity index (χ1) is 12.6. The van der Waals surface area contributed by atoms with E-state index in [0.717, 1.165) is 37.3 Å². The molecule has 138 valence electrons. The van der Waals surface area contributed by atoms with Crippen LogP contribution in [0.25, 0.3) is 0 Å². The Hall–Kier alpha value is -2.41. The third-order valence-electron chi connectivity index (χ3n) is 4.64. The molecule has 26 heavy (non-hydrogen) atoms. The van der Waals surface area contributed by atoms with Gasteiger partial charge in [0.1, 0.15) is 11.1 Å². The van der Waals surface area contributed by atoms with Crippen LogP contribution in [0.15, 0.2) is 60.1 Å². The van der Waals surface area contributed by atoms with Crippen molar-refractivity contribution in [1.82, 2.24) is 25.3 Å². The Balaban J connectivity index is 1.67. The fourth-order valence-electron chi connectivity index (χ4n) is 3.18. The SMILES string of the molecule is C=C/C=C(/NC(=O)C1=CSC(c2ccn[nH]2)N1C)C(=C)N1CCCCC1. The lowest BCUT2D eigenvalue weighted by Gasteiger charge is -2.32. The number of rotatable bonds is 6. The van der Waals surface area contributed by atoms with Crippen LogP contribution >= 0.6 is 11.8 Å². The van der Waals surface area contributed by atoms with Crippen LogP contribution < -0.4 is 5.32 Å². The lowest BCUT2D eigenvalue weighted by molar-refractivity contribution is -0.118. The molecule has 6 nitrogen and oxygen atoms in total. The van der Waals surface area contributed by atoms with Gasteiger partial charge in [0.2, 0.25) is 0 Å². The van der Waals surface area contributed by atoms with Gasteiger partial charge in [-0.1, -0.05) is 19.2 Å². The third-order valence-corrected chi connectivity index (χ3v) is 5.83. The fourth-order valence-corrected chi connectivity index (χ4v) is 4.28. The minimum absolute atomic E-state index is 0.0235. The second-order valence-corrected chi connectivity index (χ2v) is 7.33. The summed E-state index contributed by atoms with van der Waals surface area (Å²) in [5, 5.41) is 11.9. The molecule has 3 rings (SSSR count). The van der Waals surface area contributed by atoms with Gasteiger partial charge in [0.25, 0.3) is 5.91 Å². The number of nitrogens with zero attached hydrogens (tertiary/aromatic N) is 3. The number of aromatic nitrogens is 2. The summed E-state index contributed by atoms with van der Waals surface area (Å²) in [6.07, 6.45) is 8.77. The molecule has 1 atom stereocenters. The number of allylic oxidation sites excluding steroid dienone is 2. The smallest absolute Gasteiger partial charge is 0.272 e. The second-order valence-electron chi connectivity index (χ2n) is 6.38. The largest absolute Gasteiger partial charge is 0.370 e. The van der Waals surface area contributed by atoms with Crippen LogP contribution in [0.5, 0.6) is 0 Å². The number of hydrogen-bond donors (Lipinski definition) is 2. The summed E-state index contributed by atoms with van der Waals surface area (Å²) in [6.45, 7) is 9.91. The Kier molecular flexibility index (Phi) is 5.88. The molecule has 0 radical (unpaired) electrons. The van der Waals surface area contributed by atoms with E-state index >= 15 is 0 Å². The number of amides is 1. The van der Waals surface area contributed by atoms with Gasteiger partial charge < -0.3 is 15.1 Å². The van der Waals surface area contributed by atoms with Crippen LogP contribution in [0.3, 0.4) is 0 Å². The number of H-pyrrole nitrogens is 1. The van der Waals surface area contributed by atoms with Gasteiger partial charge in [-0.15, -0.1) is 11.8 Å². The predicted octanol–water partition coefficient (Wildman–Crippen LogP) is 3.11. The van der Waals surface area contributed by atoms with Crippen molar-refractivity contribution in [3.63, 3.8) is 0 Å². The molecule has 0 aliphatic carbocycles. The maximum atomic E-state index is 12.8. The number of carbonyl (C=O) groups is 1. The fraction of sp³-hybridized carbons (Fsp3) is 0.368. The molecule has 0 aromatic carbocycles. The monoisotopic (exact) mass is 371 g/mol. The molecule has 2 aliphatic heterocycles. The maximum Gasteiger partial charge on any atom is 0.272 e. The van der Waals surface area contributed by atoms with Gasteiger partial charge in [-0.3, -0.25) is 9.89 Å². The summed E-state index contributed by atoms with van der Waals surface area (Å²) in [5.74, 6) is -0.145. The minimum Gasteiger partial charge on any atom is -0.370 e. The lowest BCUT2D eigenvalue weighted by atomic mass is 10.1. The summed E-state index contributed by atoms with van der Waals surface area (Å²) in [4.78, 5) is 17.0. The van der Waals surface area contributed by atoms with Crippen LogP contribution in [0.2, 0.25) is 0 Å². The standard InChI is InChI=1S/C19H25N5OS/c1-4-8-15(14(2)24-11-6-5-7-12-24)21-18(25)17-13-26-19(23(17)3)16-9-10-20-22-16/h4,8-10,13,19H,1-2,5-7,11-12H2,3H3,(H,20,22)(H,21,25)/b15-8+. The van der Waals surface area contributed by atoms with Crippen molar-refractivity contribution in [3.8, 4) is 0 Å². The normalized spacial score (nSPS) is 20.7. The Bertz CT molecular complexity index is 731. The lowest BCUT2D eigenvalue weighted by Crippen LogP contribution is -2.36. The molecule has 1 fully saturated rings. The van der Waals surface area contributed by atoms with Crippen molar-refractivity contribution >= 4 is 17.7 Å². The molecule has 1 aromatic heterocycles. The van der Waals surface area contributed by atoms with E-state index in [0.29, 0.717) is 11.4 Å². The molecule has 0 saturated carbocycles. The first-order valence-electron chi connectivity index (χ1n) is 8.78. The van der Waals surface area contributed by atoms with Crippen molar-refractivity contribution in [2.75, 3.05) is 20.1 Å². The quantitative estimate of drug-likeness (QED) is 0.752. The molecule has 1 aromatic rings. The average molecular weight is 372 g/mol. The Morgan fingerprint density at radius 1 is 1.42 bits per heavy atom. The summed E-state index contributed by atoms with van der Waals surface area (Å²) >= 11 is 1.58. The molecular formula is C19H25N5OS. The Labute approximate surface area is 158 Å². The number of hydrogen-bond acceptors (Lipinski definition) is 5. The van der Waals surface area contributed by atoms with E-state index in [-0.39, 0.29) is 11.3 Å². The van der Waals surface area contributed by atoms with Crippen molar-refractivity contribution in [3.05, 3.63) is 65.8 Å². The van der Waals surface area contributed by atoms with Gasteiger partial charge in [0, 0.05) is 31.7 Å². The zero-order valence-electron chi connectivity index (χ0n) is 15.1. The molecule has 3 heterocycles. The molecule has 2 N–H and O–H groups in total. The number of nitrogens with one attached hydrogen (secondary N) is 2. The average Bonchev–Trinajstić information content (AvgIpc) is 3.31. The van der Waals surface area contributed by atoms with Gasteiger partial charge in [-0.25, -0.2) is 0 Å². The van der Waals surface area contributed by atoms with E-state index in [1.165, 1.54) is 6.42 Å². The van der Waals surface area contributed by atoms with Crippen LogP contribution in [0, 0.1) is 0 Å². The van der Waals surface area contributed by atoms with Crippen molar-refractivity contribution < 1.29 is 4.79 Å². The number of thioether (sulfide) groups is 1. The highest BCUT2D eigenvalue weighted by Gasteiger charge is 2.30. The highest BCUT2D eigenvalue weighted by atomic mass is 32.2. The van der Waals surface area contributed by atoms with Gasteiger partial charge in [0.15, 0.2) is 0 Å². The van der Waals surface area contributed by atoms with Gasteiger partial charge in [-0.05, 0) is 31.4 Å². The highest BCUT2D eigenvalue weighted by Crippen LogP contribution is 2.40. The van der Waals surface area contributed by atoms with Crippen LogP contribution in [-0.2, 0) is 4.79 Å². The topological polar surface area (TPSA) is 64.3 Å². The number of likely N-dealkylation sites (N-methyl/N-ethyl adjacent to an activating group) is 1. The molecule has 7 heteroatoms. The third kappa shape index (κ3) is 3.88. The minimum atomic E-state index is -0.145. The highest BCUT2D eigenvalue weighted by molar-refractivity contribution is 8.02. The summed E-state index contributed by atoms with van der Waals surface area (Å²) < 4.78 is 0. The second kappa shape index (κ2) is 8.31. The zero-order chi connectivity index (χ0) is 18.5. The zero-order valence-corrected chi connectivity index (χ0v) is 15.9. The van der Waals surface area contributed by atoms with Gasteiger partial charge in [-0.2, -0.15) is 5.10 Å². The van der Waals surface area contributed by atoms with E-state index < -0.39 is 0 Å². The number of likely N-dealkylation sites (tertiary alicyclic amines) is 1. The number of aromatic amines is 1. The number of carbonyl (C=O) groups excluding carboxylic acids is 1. The molecule has 0 bridgehead atoms. The van der Waals surface area contributed by atoms with E-state index in [9.17, 15) is 4.79 Å². The first-order valence-corrected chi connectivity index (χ1v) is 9.72.